The van der Waals surface area contributed by atoms with Crippen molar-refractivity contribution in [3.63, 3.8) is 0 Å². The zero-order valence-electron chi connectivity index (χ0n) is 16.8. The van der Waals surface area contributed by atoms with Crippen molar-refractivity contribution in [2.45, 2.75) is 51.2 Å². The molecule has 1 aliphatic rings. The summed E-state index contributed by atoms with van der Waals surface area (Å²) in [5.41, 5.74) is 3.09. The van der Waals surface area contributed by atoms with Crippen LogP contribution in [-0.4, -0.2) is 36.0 Å². The van der Waals surface area contributed by atoms with Gasteiger partial charge in [-0.1, -0.05) is 61.2 Å². The van der Waals surface area contributed by atoms with Crippen LogP contribution in [0.15, 0.2) is 48.5 Å². The summed E-state index contributed by atoms with van der Waals surface area (Å²) in [6.45, 7) is 1.38. The summed E-state index contributed by atoms with van der Waals surface area (Å²) in [5, 5.41) is 3.79. The van der Waals surface area contributed by atoms with Gasteiger partial charge in [0.05, 0.1) is 0 Å². The highest BCUT2D eigenvalue weighted by atomic mass is 35.5. The van der Waals surface area contributed by atoms with Crippen molar-refractivity contribution in [2.24, 2.45) is 0 Å². The van der Waals surface area contributed by atoms with Gasteiger partial charge in [0, 0.05) is 36.9 Å². The second-order valence-electron chi connectivity index (χ2n) is 7.78. The third-order valence-electron chi connectivity index (χ3n) is 5.56. The van der Waals surface area contributed by atoms with E-state index in [2.05, 4.69) is 23.3 Å². The number of nitrogens with zero attached hydrogens (tertiary/aromatic N) is 2. The number of anilines is 1. The molecule has 4 nitrogen and oxygen atoms in total. The van der Waals surface area contributed by atoms with Crippen molar-refractivity contribution in [1.82, 2.24) is 9.80 Å². The summed E-state index contributed by atoms with van der Waals surface area (Å²) in [5.74, 6) is 0. The van der Waals surface area contributed by atoms with Gasteiger partial charge in [0.25, 0.3) is 0 Å². The molecule has 0 aromatic heterocycles. The van der Waals surface area contributed by atoms with Crippen LogP contribution in [0.25, 0.3) is 0 Å². The topological polar surface area (TPSA) is 35.6 Å². The summed E-state index contributed by atoms with van der Waals surface area (Å²) in [6, 6.07) is 16.2. The summed E-state index contributed by atoms with van der Waals surface area (Å²) in [7, 11) is 4.00. The second kappa shape index (κ2) is 9.94. The minimum Gasteiger partial charge on any atom is -0.323 e. The third-order valence-corrected chi connectivity index (χ3v) is 5.81. The van der Waals surface area contributed by atoms with Crippen molar-refractivity contribution >= 4 is 23.3 Å². The van der Waals surface area contributed by atoms with E-state index in [0.29, 0.717) is 17.6 Å². The number of benzene rings is 2. The number of amides is 2. The molecule has 2 aromatic rings. The molecular formula is C23H30ClN3O. The molecule has 2 aromatic carbocycles. The van der Waals surface area contributed by atoms with E-state index >= 15 is 0 Å². The van der Waals surface area contributed by atoms with Gasteiger partial charge in [-0.2, -0.15) is 0 Å². The zero-order chi connectivity index (χ0) is 19.9. The Balaban J connectivity index is 1.61. The highest BCUT2D eigenvalue weighted by Crippen LogP contribution is 2.25. The lowest BCUT2D eigenvalue weighted by atomic mass is 9.94. The molecule has 0 radical (unpaired) electrons. The number of hydrogen-bond acceptors (Lipinski definition) is 2. The van der Waals surface area contributed by atoms with Crippen molar-refractivity contribution < 1.29 is 4.79 Å². The number of para-hydroxylation sites is 1. The number of carbonyl (C=O) groups is 1. The molecule has 5 heteroatoms. The molecule has 0 spiro atoms. The van der Waals surface area contributed by atoms with E-state index in [1.165, 1.54) is 32.1 Å². The van der Waals surface area contributed by atoms with Crippen LogP contribution in [0.4, 0.5) is 10.5 Å². The maximum absolute atomic E-state index is 12.7. The molecule has 0 unspecified atom stereocenters. The lowest BCUT2D eigenvalue weighted by Gasteiger charge is -2.31. The summed E-state index contributed by atoms with van der Waals surface area (Å²) >= 11 is 5.94. The first-order valence-corrected chi connectivity index (χ1v) is 10.5. The lowest BCUT2D eigenvalue weighted by molar-refractivity contribution is 0.185. The molecule has 1 N–H and O–H groups in total. The number of halogens is 1. The molecule has 0 aliphatic heterocycles. The molecular weight excluding hydrogens is 370 g/mol. The fourth-order valence-electron chi connectivity index (χ4n) is 3.85. The molecule has 2 amide bonds. The predicted molar refractivity (Wildman–Crippen MR) is 117 cm³/mol. The molecule has 1 fully saturated rings. The molecule has 28 heavy (non-hydrogen) atoms. The molecule has 0 bridgehead atoms. The van der Waals surface area contributed by atoms with Crippen molar-refractivity contribution in [3.05, 3.63) is 64.7 Å². The first-order chi connectivity index (χ1) is 13.5. The Morgan fingerprint density at radius 3 is 2.39 bits per heavy atom. The van der Waals surface area contributed by atoms with E-state index in [1.54, 1.807) is 11.9 Å². The van der Waals surface area contributed by atoms with Crippen LogP contribution in [0.5, 0.6) is 0 Å². The number of nitrogens with one attached hydrogen (secondary N) is 1. The molecule has 0 heterocycles. The second-order valence-corrected chi connectivity index (χ2v) is 8.21. The van der Waals surface area contributed by atoms with Gasteiger partial charge < -0.3 is 10.2 Å². The van der Waals surface area contributed by atoms with Crippen molar-refractivity contribution in [1.29, 1.82) is 0 Å². The van der Waals surface area contributed by atoms with E-state index in [0.717, 1.165) is 23.4 Å². The maximum atomic E-state index is 12.7. The van der Waals surface area contributed by atoms with E-state index in [9.17, 15) is 4.79 Å². The fraction of sp³-hybridized carbons (Fsp3) is 0.435. The summed E-state index contributed by atoms with van der Waals surface area (Å²) < 4.78 is 0. The van der Waals surface area contributed by atoms with E-state index in [4.69, 9.17) is 11.6 Å². The number of urea groups is 1. The predicted octanol–water partition coefficient (Wildman–Crippen LogP) is 5.77. The van der Waals surface area contributed by atoms with Gasteiger partial charge in [0.15, 0.2) is 0 Å². The van der Waals surface area contributed by atoms with E-state index < -0.39 is 0 Å². The van der Waals surface area contributed by atoms with Gasteiger partial charge in [0.1, 0.15) is 0 Å². The van der Waals surface area contributed by atoms with Crippen LogP contribution >= 0.6 is 11.6 Å². The van der Waals surface area contributed by atoms with Crippen LogP contribution in [0.1, 0.15) is 43.2 Å². The fourth-order valence-corrected chi connectivity index (χ4v) is 3.97. The Morgan fingerprint density at radius 1 is 1.00 bits per heavy atom. The van der Waals surface area contributed by atoms with E-state index in [1.807, 2.05) is 42.5 Å². The normalized spacial score (nSPS) is 14.9. The first-order valence-electron chi connectivity index (χ1n) is 10.1. The smallest absolute Gasteiger partial charge is 0.321 e. The van der Waals surface area contributed by atoms with Gasteiger partial charge in [-0.05, 0) is 49.2 Å². The third kappa shape index (κ3) is 5.73. The number of hydrogen-bond donors (Lipinski definition) is 1. The van der Waals surface area contributed by atoms with Crippen LogP contribution in [0, 0.1) is 0 Å². The quantitative estimate of drug-likeness (QED) is 0.669. The van der Waals surface area contributed by atoms with Gasteiger partial charge in [-0.25, -0.2) is 4.79 Å². The Hall–Kier alpha value is -2.04. The van der Waals surface area contributed by atoms with Crippen LogP contribution in [0.3, 0.4) is 0 Å². The SMILES string of the molecule is CN(Cc1ccc(Cl)cc1)C(=O)Nc1ccccc1CN(C)C1CCCCC1. The average Bonchev–Trinajstić information content (AvgIpc) is 2.71. The van der Waals surface area contributed by atoms with Crippen LogP contribution in [-0.2, 0) is 13.1 Å². The highest BCUT2D eigenvalue weighted by molar-refractivity contribution is 6.30. The monoisotopic (exact) mass is 399 g/mol. The average molecular weight is 400 g/mol. The highest BCUT2D eigenvalue weighted by Gasteiger charge is 2.19. The van der Waals surface area contributed by atoms with Gasteiger partial charge >= 0.3 is 6.03 Å². The van der Waals surface area contributed by atoms with Gasteiger partial charge in [-0.3, -0.25) is 4.90 Å². The van der Waals surface area contributed by atoms with Crippen LogP contribution in [0.2, 0.25) is 5.02 Å². The number of carbonyl (C=O) groups excluding carboxylic acids is 1. The molecule has 150 valence electrons. The van der Waals surface area contributed by atoms with Gasteiger partial charge in [0.2, 0.25) is 0 Å². The summed E-state index contributed by atoms with van der Waals surface area (Å²) in [6.07, 6.45) is 6.55. The molecule has 1 aliphatic carbocycles. The Kier molecular flexibility index (Phi) is 7.35. The van der Waals surface area contributed by atoms with Gasteiger partial charge in [-0.15, -0.1) is 0 Å². The minimum atomic E-state index is -0.109. The molecule has 0 atom stereocenters. The Morgan fingerprint density at radius 2 is 1.68 bits per heavy atom. The van der Waals surface area contributed by atoms with Crippen molar-refractivity contribution in [3.8, 4) is 0 Å². The Bertz CT molecular complexity index is 772. The van der Waals surface area contributed by atoms with Crippen molar-refractivity contribution in [2.75, 3.05) is 19.4 Å². The summed E-state index contributed by atoms with van der Waals surface area (Å²) in [4.78, 5) is 16.8. The first kappa shape index (κ1) is 20.7. The maximum Gasteiger partial charge on any atom is 0.321 e. The van der Waals surface area contributed by atoms with E-state index in [-0.39, 0.29) is 6.03 Å². The lowest BCUT2D eigenvalue weighted by Crippen LogP contribution is -2.34. The molecule has 1 saturated carbocycles. The molecule has 3 rings (SSSR count). The number of rotatable bonds is 6. The van der Waals surface area contributed by atoms with Crippen LogP contribution < -0.4 is 5.32 Å². The largest absolute Gasteiger partial charge is 0.323 e. The molecule has 0 saturated heterocycles. The minimum absolute atomic E-state index is 0.109. The standard InChI is InChI=1S/C23H30ClN3O/c1-26(21-9-4-3-5-10-21)17-19-8-6-7-11-22(19)25-23(28)27(2)16-18-12-14-20(24)15-13-18/h6-8,11-15,21H,3-5,9-10,16-17H2,1-2H3,(H,25,28). The Labute approximate surface area is 173 Å². The zero-order valence-corrected chi connectivity index (χ0v) is 17.6.